The van der Waals surface area contributed by atoms with Crippen LogP contribution in [0.1, 0.15) is 20.8 Å². The number of rotatable bonds is 6. The molecule has 0 aliphatic carbocycles. The number of carboxylic acids is 1. The molecule has 21 heavy (non-hydrogen) atoms. The Hall–Kier alpha value is -2.64. The van der Waals surface area contributed by atoms with Gasteiger partial charge in [-0.15, -0.1) is 0 Å². The predicted octanol–water partition coefficient (Wildman–Crippen LogP) is 2.07. The Morgan fingerprint density at radius 1 is 1.33 bits per heavy atom. The van der Waals surface area contributed by atoms with E-state index in [2.05, 4.69) is 10.6 Å². The second-order valence-electron chi connectivity index (χ2n) is 4.87. The molecule has 8 heteroatoms. The molecule has 0 heterocycles. The highest BCUT2D eigenvalue weighted by molar-refractivity contribution is 5.90. The molecule has 1 unspecified atom stereocenters. The van der Waals surface area contributed by atoms with Gasteiger partial charge in [-0.05, 0) is 18.1 Å². The summed E-state index contributed by atoms with van der Waals surface area (Å²) in [7, 11) is 0. The third kappa shape index (κ3) is 4.44. The summed E-state index contributed by atoms with van der Waals surface area (Å²) in [4.78, 5) is 32.6. The van der Waals surface area contributed by atoms with E-state index in [1.54, 1.807) is 13.8 Å². The van der Waals surface area contributed by atoms with Crippen molar-refractivity contribution in [2.75, 3.05) is 10.6 Å². The van der Waals surface area contributed by atoms with Gasteiger partial charge < -0.3 is 15.7 Å². The van der Waals surface area contributed by atoms with Gasteiger partial charge in [-0.3, -0.25) is 14.9 Å². The van der Waals surface area contributed by atoms with Crippen LogP contribution in [0.5, 0.6) is 0 Å². The predicted molar refractivity (Wildman–Crippen MR) is 77.3 cm³/mol. The summed E-state index contributed by atoms with van der Waals surface area (Å²) in [5.74, 6) is -1.70. The highest BCUT2D eigenvalue weighted by Crippen LogP contribution is 2.29. The number of carbonyl (C=O) groups is 2. The Morgan fingerprint density at radius 3 is 2.38 bits per heavy atom. The monoisotopic (exact) mass is 295 g/mol. The van der Waals surface area contributed by atoms with Crippen molar-refractivity contribution in [3.63, 3.8) is 0 Å². The number of aliphatic carboxylic acids is 1. The van der Waals surface area contributed by atoms with Crippen LogP contribution >= 0.6 is 0 Å². The summed E-state index contributed by atoms with van der Waals surface area (Å²) >= 11 is 0. The van der Waals surface area contributed by atoms with Gasteiger partial charge in [0.15, 0.2) is 0 Å². The molecule has 1 amide bonds. The zero-order chi connectivity index (χ0) is 16.2. The maximum absolute atomic E-state index is 11.1. The van der Waals surface area contributed by atoms with Crippen molar-refractivity contribution in [3.8, 4) is 0 Å². The number of amides is 1. The SMILES string of the molecule is CC(=O)Nc1ccc(NC(C(=O)O)C(C)C)c([N+](=O)[O-])c1. The minimum atomic E-state index is -1.09. The lowest BCUT2D eigenvalue weighted by Crippen LogP contribution is -2.34. The molecule has 114 valence electrons. The topological polar surface area (TPSA) is 122 Å². The number of hydrogen-bond acceptors (Lipinski definition) is 5. The van der Waals surface area contributed by atoms with E-state index in [0.29, 0.717) is 0 Å². The molecule has 0 saturated carbocycles. The van der Waals surface area contributed by atoms with E-state index in [1.807, 2.05) is 0 Å². The van der Waals surface area contributed by atoms with E-state index in [9.17, 15) is 19.7 Å². The van der Waals surface area contributed by atoms with E-state index < -0.39 is 16.9 Å². The molecule has 0 fully saturated rings. The van der Waals surface area contributed by atoms with Crippen molar-refractivity contribution in [2.24, 2.45) is 5.92 Å². The highest BCUT2D eigenvalue weighted by Gasteiger charge is 2.25. The average Bonchev–Trinajstić information content (AvgIpc) is 2.35. The summed E-state index contributed by atoms with van der Waals surface area (Å²) < 4.78 is 0. The number of nitro groups is 1. The minimum Gasteiger partial charge on any atom is -0.480 e. The number of nitrogens with zero attached hydrogens (tertiary/aromatic N) is 1. The molecule has 0 spiro atoms. The molecule has 0 saturated heterocycles. The van der Waals surface area contributed by atoms with Crippen LogP contribution in [0.3, 0.4) is 0 Å². The molecular formula is C13H17N3O5. The van der Waals surface area contributed by atoms with Gasteiger partial charge >= 0.3 is 5.97 Å². The van der Waals surface area contributed by atoms with Gasteiger partial charge in [-0.25, -0.2) is 4.79 Å². The standard InChI is InChI=1S/C13H17N3O5/c1-7(2)12(13(18)19)15-10-5-4-9(14-8(3)17)6-11(10)16(20)21/h4-7,12,15H,1-3H3,(H,14,17)(H,18,19). The van der Waals surface area contributed by atoms with Crippen LogP contribution in [0.15, 0.2) is 18.2 Å². The molecule has 1 atom stereocenters. The molecule has 0 radical (unpaired) electrons. The van der Waals surface area contributed by atoms with Crippen LogP contribution in [0.4, 0.5) is 17.1 Å². The molecule has 1 aromatic carbocycles. The number of nitro benzene ring substituents is 1. The van der Waals surface area contributed by atoms with Gasteiger partial charge in [0.1, 0.15) is 11.7 Å². The second-order valence-corrected chi connectivity index (χ2v) is 4.87. The second kappa shape index (κ2) is 6.69. The first-order chi connectivity index (χ1) is 9.72. The maximum atomic E-state index is 11.1. The average molecular weight is 295 g/mol. The number of carboxylic acid groups (broad SMARTS) is 1. The normalized spacial score (nSPS) is 11.8. The van der Waals surface area contributed by atoms with Crippen molar-refractivity contribution >= 4 is 28.9 Å². The van der Waals surface area contributed by atoms with Gasteiger partial charge in [0.05, 0.1) is 4.92 Å². The van der Waals surface area contributed by atoms with E-state index >= 15 is 0 Å². The third-order valence-electron chi connectivity index (χ3n) is 2.76. The Kier molecular flexibility index (Phi) is 5.23. The first kappa shape index (κ1) is 16.4. The minimum absolute atomic E-state index is 0.0928. The van der Waals surface area contributed by atoms with Crippen molar-refractivity contribution in [3.05, 3.63) is 28.3 Å². The maximum Gasteiger partial charge on any atom is 0.326 e. The first-order valence-corrected chi connectivity index (χ1v) is 6.27. The molecule has 0 aliphatic rings. The molecule has 3 N–H and O–H groups in total. The van der Waals surface area contributed by atoms with Gasteiger partial charge in [-0.2, -0.15) is 0 Å². The van der Waals surface area contributed by atoms with E-state index in [4.69, 9.17) is 5.11 Å². The lowest BCUT2D eigenvalue weighted by molar-refractivity contribution is -0.383. The zero-order valence-electron chi connectivity index (χ0n) is 11.9. The van der Waals surface area contributed by atoms with Crippen LogP contribution < -0.4 is 10.6 Å². The summed E-state index contributed by atoms with van der Waals surface area (Å²) in [6.07, 6.45) is 0. The van der Waals surface area contributed by atoms with Crippen LogP contribution in [-0.4, -0.2) is 27.9 Å². The van der Waals surface area contributed by atoms with Gasteiger partial charge in [0.2, 0.25) is 5.91 Å². The summed E-state index contributed by atoms with van der Waals surface area (Å²) in [6.45, 7) is 4.68. The van der Waals surface area contributed by atoms with Gasteiger partial charge in [0, 0.05) is 18.7 Å². The number of carbonyl (C=O) groups excluding carboxylic acids is 1. The number of hydrogen-bond donors (Lipinski definition) is 3. The van der Waals surface area contributed by atoms with Crippen molar-refractivity contribution in [1.82, 2.24) is 0 Å². The van der Waals surface area contributed by atoms with E-state index in [0.717, 1.165) is 0 Å². The lowest BCUT2D eigenvalue weighted by Gasteiger charge is -2.19. The molecule has 8 nitrogen and oxygen atoms in total. The fourth-order valence-corrected chi connectivity index (χ4v) is 1.77. The highest BCUT2D eigenvalue weighted by atomic mass is 16.6. The van der Waals surface area contributed by atoms with Crippen LogP contribution in [0.2, 0.25) is 0 Å². The third-order valence-corrected chi connectivity index (χ3v) is 2.76. The molecular weight excluding hydrogens is 278 g/mol. The molecule has 0 aliphatic heterocycles. The number of benzene rings is 1. The Morgan fingerprint density at radius 2 is 1.95 bits per heavy atom. The first-order valence-electron chi connectivity index (χ1n) is 6.27. The lowest BCUT2D eigenvalue weighted by atomic mass is 10.0. The fraction of sp³-hybridized carbons (Fsp3) is 0.385. The molecule has 1 aromatic rings. The van der Waals surface area contributed by atoms with Crippen LogP contribution in [-0.2, 0) is 9.59 Å². The van der Waals surface area contributed by atoms with Crippen molar-refractivity contribution < 1.29 is 19.6 Å². The van der Waals surface area contributed by atoms with E-state index in [-0.39, 0.29) is 28.9 Å². The summed E-state index contributed by atoms with van der Waals surface area (Å²) in [5, 5.41) is 25.3. The molecule has 0 aromatic heterocycles. The zero-order valence-corrected chi connectivity index (χ0v) is 11.9. The van der Waals surface area contributed by atoms with Crippen molar-refractivity contribution in [1.29, 1.82) is 0 Å². The van der Waals surface area contributed by atoms with Gasteiger partial charge in [0.25, 0.3) is 5.69 Å². The summed E-state index contributed by atoms with van der Waals surface area (Å²) in [6, 6.07) is 3.08. The Labute approximate surface area is 121 Å². The van der Waals surface area contributed by atoms with Crippen LogP contribution in [0.25, 0.3) is 0 Å². The number of nitrogens with one attached hydrogen (secondary N) is 2. The van der Waals surface area contributed by atoms with E-state index in [1.165, 1.54) is 25.1 Å². The van der Waals surface area contributed by atoms with Crippen LogP contribution in [0, 0.1) is 16.0 Å². The smallest absolute Gasteiger partial charge is 0.326 e. The van der Waals surface area contributed by atoms with Gasteiger partial charge in [-0.1, -0.05) is 13.8 Å². The Bertz CT molecular complexity index is 571. The summed E-state index contributed by atoms with van der Waals surface area (Å²) in [5.41, 5.74) is 0.0690. The molecule has 1 rings (SSSR count). The number of anilines is 2. The largest absolute Gasteiger partial charge is 0.480 e. The fourth-order valence-electron chi connectivity index (χ4n) is 1.77. The Balaban J connectivity index is 3.14. The quantitative estimate of drug-likeness (QED) is 0.545. The van der Waals surface area contributed by atoms with Crippen molar-refractivity contribution in [2.45, 2.75) is 26.8 Å². The molecule has 0 bridgehead atoms.